The van der Waals surface area contributed by atoms with Crippen LogP contribution in [0.3, 0.4) is 0 Å². The predicted octanol–water partition coefficient (Wildman–Crippen LogP) is -1.40. The van der Waals surface area contributed by atoms with Crippen molar-refractivity contribution in [3.8, 4) is 0 Å². The van der Waals surface area contributed by atoms with E-state index in [4.69, 9.17) is 9.84 Å². The molecule has 1 unspecified atom stereocenters. The maximum Gasteiger partial charge on any atom is 0.220 e. The van der Waals surface area contributed by atoms with E-state index in [2.05, 4.69) is 16.0 Å². The Bertz CT molecular complexity index is 123. The van der Waals surface area contributed by atoms with Crippen molar-refractivity contribution < 1.29 is 14.2 Å². The van der Waals surface area contributed by atoms with E-state index in [9.17, 15) is 4.39 Å². The van der Waals surface area contributed by atoms with Crippen LogP contribution >= 0.6 is 0 Å². The zero-order valence-electron chi connectivity index (χ0n) is 8.22. The van der Waals surface area contributed by atoms with Gasteiger partial charge in [-0.1, -0.05) is 0 Å². The molecule has 0 saturated heterocycles. The molecule has 0 saturated carbocycles. The highest BCUT2D eigenvalue weighted by Crippen LogP contribution is 1.95. The smallest absolute Gasteiger partial charge is 0.220 e. The molecule has 13 heavy (non-hydrogen) atoms. The van der Waals surface area contributed by atoms with Crippen LogP contribution in [-0.2, 0) is 4.74 Å². The summed E-state index contributed by atoms with van der Waals surface area (Å²) in [7, 11) is 5.21. The molecule has 0 rings (SSSR count). The fraction of sp³-hybridized carbons (Fsp3) is 1.00. The van der Waals surface area contributed by atoms with Crippen LogP contribution in [-0.4, -0.2) is 51.6 Å². The molecule has 0 aromatic heterocycles. The molecule has 4 N–H and O–H groups in total. The molecule has 0 aliphatic heterocycles. The molecule has 0 heterocycles. The van der Waals surface area contributed by atoms with Gasteiger partial charge in [-0.05, 0) is 21.1 Å². The van der Waals surface area contributed by atoms with Crippen LogP contribution in [0.25, 0.3) is 0 Å². The van der Waals surface area contributed by atoms with Crippen molar-refractivity contribution >= 4 is 0 Å². The topological polar surface area (TPSA) is 65.5 Å². The largest absolute Gasteiger partial charge is 0.371 e. The summed E-state index contributed by atoms with van der Waals surface area (Å²) in [4.78, 5) is 0. The minimum atomic E-state index is -1.93. The number of likely N-dealkylation sites (N-methyl/N-ethyl adjacent to an activating group) is 3. The van der Waals surface area contributed by atoms with Gasteiger partial charge >= 0.3 is 0 Å². The fourth-order valence-electron chi connectivity index (χ4n) is 0.901. The van der Waals surface area contributed by atoms with Gasteiger partial charge in [0.15, 0.2) is 0 Å². The first kappa shape index (κ1) is 12.7. The van der Waals surface area contributed by atoms with Crippen LogP contribution in [0.2, 0.25) is 0 Å². The Labute approximate surface area is 77.7 Å². The molecule has 0 aromatic carbocycles. The summed E-state index contributed by atoms with van der Waals surface area (Å²) in [5.74, 6) is -0.588. The predicted molar refractivity (Wildman–Crippen MR) is 47.8 cm³/mol. The van der Waals surface area contributed by atoms with Crippen molar-refractivity contribution in [2.24, 2.45) is 0 Å². The van der Waals surface area contributed by atoms with Gasteiger partial charge in [0.1, 0.15) is 12.4 Å². The minimum Gasteiger partial charge on any atom is -0.371 e. The number of aliphatic hydroxyl groups excluding tert-OH is 1. The minimum absolute atomic E-state index is 0.206. The SMILES string of the molecule is CNC(COCC(O)F)(NC)NC. The molecule has 6 heteroatoms. The molecule has 0 aliphatic carbocycles. The van der Waals surface area contributed by atoms with Crippen molar-refractivity contribution in [1.82, 2.24) is 16.0 Å². The molecule has 1 atom stereocenters. The van der Waals surface area contributed by atoms with Gasteiger partial charge in [-0.15, -0.1) is 0 Å². The zero-order valence-corrected chi connectivity index (χ0v) is 8.22. The highest BCUT2D eigenvalue weighted by atomic mass is 19.1. The monoisotopic (exact) mass is 195 g/mol. The van der Waals surface area contributed by atoms with Gasteiger partial charge in [0, 0.05) is 0 Å². The van der Waals surface area contributed by atoms with Gasteiger partial charge in [0.25, 0.3) is 0 Å². The summed E-state index contributed by atoms with van der Waals surface area (Å²) in [6, 6.07) is 0. The molecule has 0 bridgehead atoms. The van der Waals surface area contributed by atoms with Gasteiger partial charge < -0.3 is 9.84 Å². The Kier molecular flexibility index (Phi) is 6.10. The number of hydrogen-bond donors (Lipinski definition) is 4. The van der Waals surface area contributed by atoms with Crippen LogP contribution in [0.1, 0.15) is 0 Å². The quantitative estimate of drug-likeness (QED) is 0.376. The van der Waals surface area contributed by atoms with E-state index in [1.54, 1.807) is 21.1 Å². The Morgan fingerprint density at radius 3 is 2.08 bits per heavy atom. The number of aliphatic hydroxyl groups is 1. The van der Waals surface area contributed by atoms with Gasteiger partial charge in [-0.3, -0.25) is 16.0 Å². The summed E-state index contributed by atoms with van der Waals surface area (Å²) in [6.45, 7) is -0.121. The van der Waals surface area contributed by atoms with Crippen molar-refractivity contribution in [2.75, 3.05) is 34.4 Å². The van der Waals surface area contributed by atoms with Gasteiger partial charge in [-0.2, -0.15) is 0 Å². The molecule has 0 aromatic rings. The molecule has 80 valence electrons. The second-order valence-corrected chi connectivity index (χ2v) is 2.60. The maximum atomic E-state index is 12.0. The van der Waals surface area contributed by atoms with E-state index in [0.29, 0.717) is 0 Å². The number of ether oxygens (including phenoxy) is 1. The second-order valence-electron chi connectivity index (χ2n) is 2.60. The van der Waals surface area contributed by atoms with E-state index < -0.39 is 12.1 Å². The molecule has 0 spiro atoms. The normalized spacial score (nSPS) is 14.5. The summed E-state index contributed by atoms with van der Waals surface area (Å²) >= 11 is 0. The van der Waals surface area contributed by atoms with Crippen molar-refractivity contribution in [1.29, 1.82) is 0 Å². The van der Waals surface area contributed by atoms with Crippen molar-refractivity contribution in [2.45, 2.75) is 12.1 Å². The zero-order chi connectivity index (χ0) is 10.3. The van der Waals surface area contributed by atoms with Crippen LogP contribution in [0.15, 0.2) is 0 Å². The first-order valence-electron chi connectivity index (χ1n) is 4.07. The average Bonchev–Trinajstić information content (AvgIpc) is 2.13. The number of rotatable bonds is 7. The van der Waals surface area contributed by atoms with Crippen LogP contribution < -0.4 is 16.0 Å². The van der Waals surface area contributed by atoms with Crippen LogP contribution in [0.5, 0.6) is 0 Å². The molecule has 0 radical (unpaired) electrons. The Morgan fingerprint density at radius 1 is 1.31 bits per heavy atom. The van der Waals surface area contributed by atoms with Gasteiger partial charge in [-0.25, -0.2) is 4.39 Å². The van der Waals surface area contributed by atoms with E-state index in [1.165, 1.54) is 0 Å². The van der Waals surface area contributed by atoms with Gasteiger partial charge in [0.05, 0.1) is 6.61 Å². The van der Waals surface area contributed by atoms with E-state index in [-0.39, 0.29) is 13.2 Å². The summed E-state index contributed by atoms with van der Waals surface area (Å²) in [5, 5.41) is 17.1. The standard InChI is InChI=1S/C7H18FN3O2/c1-9-7(10-2,11-3)5-13-4-6(8)12/h6,9-12H,4-5H2,1-3H3. The number of nitrogens with one attached hydrogen (secondary N) is 3. The van der Waals surface area contributed by atoms with Crippen LogP contribution in [0.4, 0.5) is 4.39 Å². The van der Waals surface area contributed by atoms with Gasteiger partial charge in [0.2, 0.25) is 6.36 Å². The Hall–Kier alpha value is -0.270. The second kappa shape index (κ2) is 6.22. The lowest BCUT2D eigenvalue weighted by molar-refractivity contribution is -0.0588. The third-order valence-corrected chi connectivity index (χ3v) is 1.85. The molecular formula is C7H18FN3O2. The molecular weight excluding hydrogens is 177 g/mol. The summed E-state index contributed by atoms with van der Waals surface area (Å²) < 4.78 is 16.9. The first-order chi connectivity index (χ1) is 6.10. The summed E-state index contributed by atoms with van der Waals surface area (Å²) in [6.07, 6.45) is -1.93. The lowest BCUT2D eigenvalue weighted by atomic mass is 10.3. The molecule has 0 aliphatic rings. The number of halogens is 1. The highest BCUT2D eigenvalue weighted by molar-refractivity contribution is 4.77. The molecule has 0 fully saturated rings. The Balaban J connectivity index is 3.81. The fourth-order valence-corrected chi connectivity index (χ4v) is 0.901. The third kappa shape index (κ3) is 4.49. The highest BCUT2D eigenvalue weighted by Gasteiger charge is 2.23. The lowest BCUT2D eigenvalue weighted by Crippen LogP contribution is -2.66. The lowest BCUT2D eigenvalue weighted by Gasteiger charge is -2.32. The van der Waals surface area contributed by atoms with Crippen molar-refractivity contribution in [3.63, 3.8) is 0 Å². The first-order valence-corrected chi connectivity index (χ1v) is 4.07. The van der Waals surface area contributed by atoms with E-state index in [0.717, 1.165) is 0 Å². The van der Waals surface area contributed by atoms with E-state index >= 15 is 0 Å². The number of alkyl halides is 1. The van der Waals surface area contributed by atoms with Crippen LogP contribution in [0, 0.1) is 0 Å². The maximum absolute atomic E-state index is 12.0. The third-order valence-electron chi connectivity index (χ3n) is 1.85. The Morgan fingerprint density at radius 2 is 1.77 bits per heavy atom. The summed E-state index contributed by atoms with van der Waals surface area (Å²) in [5.41, 5.74) is 0. The van der Waals surface area contributed by atoms with Crippen molar-refractivity contribution in [3.05, 3.63) is 0 Å². The number of hydrogen-bond acceptors (Lipinski definition) is 5. The van der Waals surface area contributed by atoms with E-state index in [1.807, 2.05) is 0 Å². The molecule has 0 amide bonds. The average molecular weight is 195 g/mol. The molecule has 5 nitrogen and oxygen atoms in total.